The number of nitrogens with one attached hydrogen (secondary N) is 1. The number of hydrogen-bond donors (Lipinski definition) is 1. The molecule has 0 aliphatic carbocycles. The molecule has 1 aliphatic heterocycles. The van der Waals surface area contributed by atoms with Crippen molar-refractivity contribution >= 4 is 28.9 Å². The molecule has 0 saturated carbocycles. The zero-order valence-electron chi connectivity index (χ0n) is 7.73. The summed E-state index contributed by atoms with van der Waals surface area (Å²) in [5.41, 5.74) is 1.77. The predicted molar refractivity (Wildman–Crippen MR) is 59.9 cm³/mol. The first-order valence-corrected chi connectivity index (χ1v) is 6.61. The Bertz CT molecular complexity index is 294. The van der Waals surface area contributed by atoms with Crippen LogP contribution in [0, 0.1) is 0 Å². The molecule has 1 fully saturated rings. The quantitative estimate of drug-likeness (QED) is 0.837. The third-order valence-corrected chi connectivity index (χ3v) is 3.98. The molecule has 0 bridgehead atoms. The van der Waals surface area contributed by atoms with Gasteiger partial charge < -0.3 is 5.32 Å². The fraction of sp³-hybridized carbons (Fsp3) is 0.556. The van der Waals surface area contributed by atoms with Gasteiger partial charge in [-0.3, -0.25) is 9.78 Å². The van der Waals surface area contributed by atoms with E-state index < -0.39 is 0 Å². The number of thiazole rings is 1. The van der Waals surface area contributed by atoms with Crippen LogP contribution in [0.3, 0.4) is 0 Å². The molecule has 1 aromatic rings. The van der Waals surface area contributed by atoms with Crippen molar-refractivity contribution in [2.45, 2.75) is 12.5 Å². The van der Waals surface area contributed by atoms with Crippen LogP contribution in [-0.2, 0) is 11.2 Å². The molecular weight excluding hydrogens is 216 g/mol. The number of aromatic nitrogens is 1. The van der Waals surface area contributed by atoms with E-state index in [9.17, 15) is 4.79 Å². The smallest absolute Gasteiger partial charge is 0.155 e. The van der Waals surface area contributed by atoms with Gasteiger partial charge in [-0.25, -0.2) is 0 Å². The fourth-order valence-corrected chi connectivity index (χ4v) is 2.97. The molecule has 3 nitrogen and oxygen atoms in total. The first-order valence-electron chi connectivity index (χ1n) is 4.57. The minimum Gasteiger partial charge on any atom is -0.306 e. The summed E-state index contributed by atoms with van der Waals surface area (Å²) in [7, 11) is 0. The molecule has 0 amide bonds. The lowest BCUT2D eigenvalue weighted by Crippen LogP contribution is -2.43. The standard InChI is InChI=1S/C9H12N2OS2/c12-9(3-7-4-10-6-14-7)8-5-13-2-1-11-8/h4,6,8,11H,1-3,5H2. The van der Waals surface area contributed by atoms with Crippen molar-refractivity contribution in [2.24, 2.45) is 0 Å². The number of Topliss-reactive ketones (excluding diaryl/α,β-unsaturated/α-hetero) is 1. The first-order chi connectivity index (χ1) is 6.86. The van der Waals surface area contributed by atoms with Gasteiger partial charge in [-0.15, -0.1) is 11.3 Å². The number of carbonyl (C=O) groups is 1. The molecule has 1 N–H and O–H groups in total. The fourth-order valence-electron chi connectivity index (χ4n) is 1.40. The molecule has 2 heterocycles. The second kappa shape index (κ2) is 4.91. The summed E-state index contributed by atoms with van der Waals surface area (Å²) in [6.45, 7) is 0.948. The monoisotopic (exact) mass is 228 g/mol. The summed E-state index contributed by atoms with van der Waals surface area (Å²) in [6.07, 6.45) is 2.31. The number of hydrogen-bond acceptors (Lipinski definition) is 5. The van der Waals surface area contributed by atoms with Crippen molar-refractivity contribution in [1.82, 2.24) is 10.3 Å². The summed E-state index contributed by atoms with van der Waals surface area (Å²) in [5.74, 6) is 2.32. The zero-order valence-corrected chi connectivity index (χ0v) is 9.37. The Hall–Kier alpha value is -0.390. The molecule has 0 aromatic carbocycles. The van der Waals surface area contributed by atoms with E-state index in [4.69, 9.17) is 0 Å². The number of rotatable bonds is 3. The molecule has 1 aromatic heterocycles. The van der Waals surface area contributed by atoms with Crippen molar-refractivity contribution in [3.63, 3.8) is 0 Å². The highest BCUT2D eigenvalue weighted by Crippen LogP contribution is 2.12. The average molecular weight is 228 g/mol. The molecule has 1 atom stereocenters. The van der Waals surface area contributed by atoms with Crippen molar-refractivity contribution in [3.8, 4) is 0 Å². The Balaban J connectivity index is 1.88. The van der Waals surface area contributed by atoms with E-state index in [2.05, 4.69) is 10.3 Å². The second-order valence-corrected chi connectivity index (χ2v) is 5.31. The third-order valence-electron chi connectivity index (χ3n) is 2.14. The van der Waals surface area contributed by atoms with Gasteiger partial charge >= 0.3 is 0 Å². The van der Waals surface area contributed by atoms with Gasteiger partial charge in [-0.2, -0.15) is 11.8 Å². The van der Waals surface area contributed by atoms with Gasteiger partial charge in [-0.1, -0.05) is 0 Å². The Labute approximate surface area is 91.3 Å². The Kier molecular flexibility index (Phi) is 3.55. The largest absolute Gasteiger partial charge is 0.306 e. The van der Waals surface area contributed by atoms with Crippen molar-refractivity contribution < 1.29 is 4.79 Å². The normalized spacial score (nSPS) is 22.1. The van der Waals surface area contributed by atoms with Crippen LogP contribution < -0.4 is 5.32 Å². The first kappa shape index (κ1) is 10.1. The molecule has 1 unspecified atom stereocenters. The maximum Gasteiger partial charge on any atom is 0.155 e. The van der Waals surface area contributed by atoms with Gasteiger partial charge in [0.15, 0.2) is 5.78 Å². The molecule has 76 valence electrons. The van der Waals surface area contributed by atoms with Gasteiger partial charge in [0.1, 0.15) is 0 Å². The number of nitrogens with zero attached hydrogens (tertiary/aromatic N) is 1. The van der Waals surface area contributed by atoms with Gasteiger partial charge in [0.05, 0.1) is 11.6 Å². The Morgan fingerprint density at radius 1 is 1.71 bits per heavy atom. The molecular formula is C9H12N2OS2. The highest BCUT2D eigenvalue weighted by molar-refractivity contribution is 7.99. The highest BCUT2D eigenvalue weighted by Gasteiger charge is 2.20. The summed E-state index contributed by atoms with van der Waals surface area (Å²) in [6, 6.07) is 0.0517. The van der Waals surface area contributed by atoms with Crippen LogP contribution in [0.4, 0.5) is 0 Å². The van der Waals surface area contributed by atoms with E-state index in [1.165, 1.54) is 0 Å². The SMILES string of the molecule is O=C(Cc1cncs1)C1CSCCN1. The van der Waals surface area contributed by atoms with E-state index >= 15 is 0 Å². The topological polar surface area (TPSA) is 42.0 Å². The van der Waals surface area contributed by atoms with Crippen LogP contribution in [-0.4, -0.2) is 34.9 Å². The minimum atomic E-state index is 0.0517. The number of carbonyl (C=O) groups excluding carboxylic acids is 1. The summed E-state index contributed by atoms with van der Waals surface area (Å²) >= 11 is 3.40. The minimum absolute atomic E-state index is 0.0517. The number of thioether (sulfide) groups is 1. The molecule has 1 saturated heterocycles. The maximum absolute atomic E-state index is 11.8. The third kappa shape index (κ3) is 2.56. The summed E-state index contributed by atoms with van der Waals surface area (Å²) in [4.78, 5) is 16.8. The maximum atomic E-state index is 11.8. The summed E-state index contributed by atoms with van der Waals surface area (Å²) < 4.78 is 0. The van der Waals surface area contributed by atoms with Gasteiger partial charge in [0.2, 0.25) is 0 Å². The van der Waals surface area contributed by atoms with Gasteiger partial charge in [-0.05, 0) is 0 Å². The van der Waals surface area contributed by atoms with Crippen LogP contribution in [0.2, 0.25) is 0 Å². The van der Waals surface area contributed by atoms with E-state index in [0.717, 1.165) is 22.9 Å². The molecule has 14 heavy (non-hydrogen) atoms. The zero-order chi connectivity index (χ0) is 9.80. The van der Waals surface area contributed by atoms with Crippen LogP contribution in [0.25, 0.3) is 0 Å². The Morgan fingerprint density at radius 2 is 2.64 bits per heavy atom. The predicted octanol–water partition coefficient (Wildman–Crippen LogP) is 0.960. The molecule has 2 rings (SSSR count). The van der Waals surface area contributed by atoms with Gasteiger partial charge in [0.25, 0.3) is 0 Å². The lowest BCUT2D eigenvalue weighted by molar-refractivity contribution is -0.119. The molecule has 0 spiro atoms. The molecule has 0 radical (unpaired) electrons. The average Bonchev–Trinajstić information content (AvgIpc) is 2.72. The lowest BCUT2D eigenvalue weighted by Gasteiger charge is -2.21. The van der Waals surface area contributed by atoms with Crippen LogP contribution in [0.15, 0.2) is 11.7 Å². The second-order valence-electron chi connectivity index (χ2n) is 3.19. The lowest BCUT2D eigenvalue weighted by atomic mass is 10.1. The number of ketones is 1. The van der Waals surface area contributed by atoms with E-state index in [0.29, 0.717) is 12.2 Å². The van der Waals surface area contributed by atoms with E-state index in [1.807, 2.05) is 11.8 Å². The van der Waals surface area contributed by atoms with E-state index in [-0.39, 0.29) is 6.04 Å². The van der Waals surface area contributed by atoms with Crippen LogP contribution in [0.1, 0.15) is 4.88 Å². The molecule has 1 aliphatic rings. The molecule has 5 heteroatoms. The van der Waals surface area contributed by atoms with Crippen LogP contribution >= 0.6 is 23.1 Å². The van der Waals surface area contributed by atoms with Crippen LogP contribution in [0.5, 0.6) is 0 Å². The highest BCUT2D eigenvalue weighted by atomic mass is 32.2. The van der Waals surface area contributed by atoms with Crippen molar-refractivity contribution in [2.75, 3.05) is 18.1 Å². The van der Waals surface area contributed by atoms with E-state index in [1.54, 1.807) is 23.0 Å². The van der Waals surface area contributed by atoms with Crippen molar-refractivity contribution in [1.29, 1.82) is 0 Å². The summed E-state index contributed by atoms with van der Waals surface area (Å²) in [5, 5.41) is 3.25. The van der Waals surface area contributed by atoms with Gasteiger partial charge in [0, 0.05) is 35.5 Å². The van der Waals surface area contributed by atoms with Crippen molar-refractivity contribution in [3.05, 3.63) is 16.6 Å². The Morgan fingerprint density at radius 3 is 3.29 bits per heavy atom.